The van der Waals surface area contributed by atoms with E-state index in [1.807, 2.05) is 0 Å². The van der Waals surface area contributed by atoms with Crippen molar-refractivity contribution in [3.63, 3.8) is 0 Å². The summed E-state index contributed by atoms with van der Waals surface area (Å²) in [6, 6.07) is 4.56. The van der Waals surface area contributed by atoms with Gasteiger partial charge in [0.15, 0.2) is 4.47 Å². The predicted molar refractivity (Wildman–Crippen MR) is 83.6 cm³/mol. The summed E-state index contributed by atoms with van der Waals surface area (Å²) in [5.41, 5.74) is 1.13. The van der Waals surface area contributed by atoms with E-state index < -0.39 is 11.9 Å². The Kier molecular flexibility index (Phi) is 5.35. The van der Waals surface area contributed by atoms with E-state index in [0.29, 0.717) is 27.8 Å². The molecule has 0 fully saturated rings. The number of carbonyl (C=O) groups is 2. The summed E-state index contributed by atoms with van der Waals surface area (Å²) < 4.78 is 9.85. The minimum atomic E-state index is -0.499. The minimum absolute atomic E-state index is 0.325. The van der Waals surface area contributed by atoms with Crippen LogP contribution in [0.3, 0.4) is 0 Å². The fraction of sp³-hybridized carbons (Fsp3) is 0.214. The van der Waals surface area contributed by atoms with Crippen molar-refractivity contribution in [2.24, 2.45) is 0 Å². The molecule has 1 heterocycles. The molecule has 0 bridgehead atoms. The third-order valence-corrected chi connectivity index (χ3v) is 3.94. The van der Waals surface area contributed by atoms with E-state index in [4.69, 9.17) is 16.3 Å². The summed E-state index contributed by atoms with van der Waals surface area (Å²) in [6.45, 7) is 0.416. The quantitative estimate of drug-likeness (QED) is 0.843. The number of rotatable bonds is 5. The maximum absolute atomic E-state index is 11.8. The van der Waals surface area contributed by atoms with Crippen molar-refractivity contribution >= 4 is 40.6 Å². The Balaban J connectivity index is 2.27. The number of hydrogen-bond donors (Lipinski definition) is 1. The van der Waals surface area contributed by atoms with Crippen LogP contribution in [0.15, 0.2) is 24.4 Å². The number of esters is 2. The number of hydrogen-bond acceptors (Lipinski definition) is 7. The molecule has 0 amide bonds. The lowest BCUT2D eigenvalue weighted by Gasteiger charge is -2.11. The van der Waals surface area contributed by atoms with E-state index in [9.17, 15) is 9.59 Å². The molecule has 8 heteroatoms. The van der Waals surface area contributed by atoms with Gasteiger partial charge in [-0.3, -0.25) is 0 Å². The number of benzene rings is 1. The fourth-order valence-electron chi connectivity index (χ4n) is 1.77. The van der Waals surface area contributed by atoms with Crippen LogP contribution in [0.1, 0.15) is 25.6 Å². The van der Waals surface area contributed by atoms with Crippen LogP contribution in [0, 0.1) is 0 Å². The van der Waals surface area contributed by atoms with Gasteiger partial charge < -0.3 is 14.8 Å². The van der Waals surface area contributed by atoms with E-state index in [-0.39, 0.29) is 0 Å². The molecule has 0 aliphatic heterocycles. The Labute approximate surface area is 136 Å². The monoisotopic (exact) mass is 340 g/mol. The van der Waals surface area contributed by atoms with Crippen molar-refractivity contribution in [1.82, 2.24) is 4.98 Å². The molecule has 22 heavy (non-hydrogen) atoms. The highest BCUT2D eigenvalue weighted by molar-refractivity contribution is 7.15. The normalized spacial score (nSPS) is 10.1. The molecule has 2 aromatic rings. The Morgan fingerprint density at radius 2 is 2.00 bits per heavy atom. The Bertz CT molecular complexity index is 702. The van der Waals surface area contributed by atoms with Gasteiger partial charge in [0.2, 0.25) is 0 Å². The second kappa shape index (κ2) is 7.24. The molecule has 0 saturated heterocycles. The summed E-state index contributed by atoms with van der Waals surface area (Å²) in [4.78, 5) is 28.2. The highest BCUT2D eigenvalue weighted by atomic mass is 35.5. The lowest BCUT2D eigenvalue weighted by Crippen LogP contribution is -2.10. The number of nitrogens with one attached hydrogen (secondary N) is 1. The van der Waals surface area contributed by atoms with Crippen molar-refractivity contribution in [3.05, 3.63) is 44.9 Å². The van der Waals surface area contributed by atoms with E-state index in [0.717, 1.165) is 4.88 Å². The Morgan fingerprint density at radius 1 is 1.27 bits per heavy atom. The van der Waals surface area contributed by atoms with Crippen LogP contribution in [0.5, 0.6) is 0 Å². The minimum Gasteiger partial charge on any atom is -0.465 e. The highest BCUT2D eigenvalue weighted by Gasteiger charge is 2.15. The lowest BCUT2D eigenvalue weighted by molar-refractivity contribution is 0.0587. The molecule has 0 aliphatic carbocycles. The number of methoxy groups -OCH3 is 2. The third-order valence-electron chi connectivity index (χ3n) is 2.82. The zero-order chi connectivity index (χ0) is 16.1. The average molecular weight is 341 g/mol. The van der Waals surface area contributed by atoms with Crippen LogP contribution in [0.2, 0.25) is 4.47 Å². The van der Waals surface area contributed by atoms with Gasteiger partial charge in [-0.05, 0) is 18.2 Å². The van der Waals surface area contributed by atoms with Crippen LogP contribution >= 0.6 is 22.9 Å². The maximum Gasteiger partial charge on any atom is 0.339 e. The van der Waals surface area contributed by atoms with Gasteiger partial charge in [0.05, 0.1) is 31.9 Å². The molecule has 1 N–H and O–H groups in total. The second-order valence-electron chi connectivity index (χ2n) is 4.18. The molecule has 0 spiro atoms. The fourth-order valence-corrected chi connectivity index (χ4v) is 2.69. The van der Waals surface area contributed by atoms with Gasteiger partial charge >= 0.3 is 11.9 Å². The van der Waals surface area contributed by atoms with Crippen molar-refractivity contribution in [1.29, 1.82) is 0 Å². The zero-order valence-corrected chi connectivity index (χ0v) is 13.5. The lowest BCUT2D eigenvalue weighted by atomic mass is 10.1. The van der Waals surface area contributed by atoms with Gasteiger partial charge in [-0.1, -0.05) is 11.6 Å². The highest BCUT2D eigenvalue weighted by Crippen LogP contribution is 2.23. The van der Waals surface area contributed by atoms with Crippen LogP contribution in [0.25, 0.3) is 0 Å². The summed E-state index contributed by atoms with van der Waals surface area (Å²) in [7, 11) is 2.59. The first kappa shape index (κ1) is 16.3. The van der Waals surface area contributed by atoms with Gasteiger partial charge in [0.1, 0.15) is 0 Å². The summed E-state index contributed by atoms with van der Waals surface area (Å²) in [5, 5.41) is 3.08. The van der Waals surface area contributed by atoms with Crippen molar-refractivity contribution in [2.75, 3.05) is 19.5 Å². The number of halogens is 1. The average Bonchev–Trinajstić information content (AvgIpc) is 2.96. The van der Waals surface area contributed by atoms with Crippen molar-refractivity contribution < 1.29 is 19.1 Å². The van der Waals surface area contributed by atoms with Crippen LogP contribution in [-0.2, 0) is 16.0 Å². The topological polar surface area (TPSA) is 77.5 Å². The molecule has 116 valence electrons. The van der Waals surface area contributed by atoms with Crippen LogP contribution in [-0.4, -0.2) is 31.1 Å². The van der Waals surface area contributed by atoms with Crippen LogP contribution in [0.4, 0.5) is 5.69 Å². The number of aromatic nitrogens is 1. The predicted octanol–water partition coefficient (Wildman–Crippen LogP) is 2.98. The number of carbonyl (C=O) groups excluding carboxylic acids is 2. The zero-order valence-electron chi connectivity index (χ0n) is 11.9. The van der Waals surface area contributed by atoms with Crippen molar-refractivity contribution in [2.45, 2.75) is 6.54 Å². The van der Waals surface area contributed by atoms with E-state index in [1.165, 1.54) is 37.7 Å². The van der Waals surface area contributed by atoms with E-state index in [1.54, 1.807) is 12.3 Å². The summed E-state index contributed by atoms with van der Waals surface area (Å²) in [6.07, 6.45) is 1.64. The first-order valence-corrected chi connectivity index (χ1v) is 7.39. The maximum atomic E-state index is 11.8. The van der Waals surface area contributed by atoms with Gasteiger partial charge in [0.25, 0.3) is 0 Å². The van der Waals surface area contributed by atoms with Gasteiger partial charge in [0, 0.05) is 16.8 Å². The SMILES string of the molecule is COC(=O)c1ccc(C(=O)OC)c(NCc2cnc(Cl)s2)c1. The molecular formula is C14H13ClN2O4S. The van der Waals surface area contributed by atoms with Crippen LogP contribution < -0.4 is 5.32 Å². The molecule has 6 nitrogen and oxygen atoms in total. The number of anilines is 1. The first-order valence-electron chi connectivity index (χ1n) is 6.20. The summed E-state index contributed by atoms with van der Waals surface area (Å²) >= 11 is 7.10. The van der Waals surface area contributed by atoms with Gasteiger partial charge in [-0.2, -0.15) is 0 Å². The Hall–Kier alpha value is -2.12. The second-order valence-corrected chi connectivity index (χ2v) is 5.87. The van der Waals surface area contributed by atoms with Crippen molar-refractivity contribution in [3.8, 4) is 0 Å². The number of thiazole rings is 1. The Morgan fingerprint density at radius 3 is 2.59 bits per heavy atom. The molecule has 0 aliphatic rings. The largest absolute Gasteiger partial charge is 0.465 e. The van der Waals surface area contributed by atoms with E-state index >= 15 is 0 Å². The summed E-state index contributed by atoms with van der Waals surface area (Å²) in [5.74, 6) is -0.985. The molecule has 2 rings (SSSR count). The molecule has 0 radical (unpaired) electrons. The molecule has 0 unspecified atom stereocenters. The third kappa shape index (κ3) is 3.75. The van der Waals surface area contributed by atoms with Gasteiger partial charge in [-0.25, -0.2) is 14.6 Å². The molecule has 0 atom stereocenters. The first-order chi connectivity index (χ1) is 10.5. The number of nitrogens with zero attached hydrogens (tertiary/aromatic N) is 1. The molecular weight excluding hydrogens is 328 g/mol. The smallest absolute Gasteiger partial charge is 0.339 e. The van der Waals surface area contributed by atoms with E-state index in [2.05, 4.69) is 15.0 Å². The number of ether oxygens (including phenoxy) is 2. The molecule has 1 aromatic carbocycles. The van der Waals surface area contributed by atoms with Gasteiger partial charge in [-0.15, -0.1) is 11.3 Å². The molecule has 1 aromatic heterocycles. The standard InChI is InChI=1S/C14H13ClN2O4S/c1-20-12(18)8-3-4-10(13(19)21-2)11(5-8)16-6-9-7-17-14(15)22-9/h3-5,7,16H,6H2,1-2H3. The molecule has 0 saturated carbocycles.